The zero-order valence-corrected chi connectivity index (χ0v) is 19.9. The van der Waals surface area contributed by atoms with Crippen molar-refractivity contribution in [3.05, 3.63) is 58.6 Å². The van der Waals surface area contributed by atoms with Gasteiger partial charge in [0.1, 0.15) is 5.75 Å². The van der Waals surface area contributed by atoms with Crippen molar-refractivity contribution >= 4 is 29.4 Å². The van der Waals surface area contributed by atoms with Crippen molar-refractivity contribution in [3.8, 4) is 5.75 Å². The van der Waals surface area contributed by atoms with Crippen LogP contribution in [0.25, 0.3) is 0 Å². The maximum atomic E-state index is 13.4. The van der Waals surface area contributed by atoms with Gasteiger partial charge >= 0.3 is 12.1 Å². The number of nitrogens with zero attached hydrogens (tertiary/aromatic N) is 2. The van der Waals surface area contributed by atoms with Crippen LogP contribution in [0.15, 0.2) is 42.5 Å². The maximum Gasteiger partial charge on any atom is 0.331 e. The zero-order chi connectivity index (χ0) is 23.5. The molecule has 8 nitrogen and oxygen atoms in total. The molecule has 2 heterocycles. The van der Waals surface area contributed by atoms with E-state index in [0.29, 0.717) is 18.1 Å². The van der Waals surface area contributed by atoms with Crippen LogP contribution in [0.2, 0.25) is 5.02 Å². The monoisotopic (exact) mass is 471 g/mol. The fourth-order valence-corrected chi connectivity index (χ4v) is 3.99. The number of carbonyl (C=O) groups is 2. The first-order valence-corrected chi connectivity index (χ1v) is 11.6. The Labute approximate surface area is 199 Å². The SMILES string of the molecule is Cc1cc(NC2NC(=O)N(CC3CNC3)C(=O)N2Cc2ccc(Cl)cc2)ccc1OC(C)C. The molecule has 2 aliphatic heterocycles. The molecule has 0 aliphatic carbocycles. The normalized spacial score (nSPS) is 18.9. The first-order chi connectivity index (χ1) is 15.8. The largest absolute Gasteiger partial charge is 0.491 e. The van der Waals surface area contributed by atoms with Gasteiger partial charge in [0, 0.05) is 36.3 Å². The summed E-state index contributed by atoms with van der Waals surface area (Å²) < 4.78 is 5.82. The summed E-state index contributed by atoms with van der Waals surface area (Å²) in [5.41, 5.74) is 2.66. The van der Waals surface area contributed by atoms with Crippen LogP contribution in [-0.4, -0.2) is 53.9 Å². The van der Waals surface area contributed by atoms with E-state index >= 15 is 0 Å². The Bertz CT molecular complexity index is 1010. The summed E-state index contributed by atoms with van der Waals surface area (Å²) >= 11 is 6.03. The van der Waals surface area contributed by atoms with Crippen LogP contribution >= 0.6 is 11.6 Å². The van der Waals surface area contributed by atoms with Crippen LogP contribution in [0.3, 0.4) is 0 Å². The summed E-state index contributed by atoms with van der Waals surface area (Å²) in [6.45, 7) is 8.25. The van der Waals surface area contributed by atoms with Crippen LogP contribution in [0.1, 0.15) is 25.0 Å². The molecule has 2 fully saturated rings. The third-order valence-electron chi connectivity index (χ3n) is 5.71. The number of imide groups is 1. The number of nitrogens with one attached hydrogen (secondary N) is 3. The van der Waals surface area contributed by atoms with E-state index in [-0.39, 0.29) is 18.1 Å². The smallest absolute Gasteiger partial charge is 0.331 e. The van der Waals surface area contributed by atoms with Gasteiger partial charge in [0.15, 0.2) is 6.29 Å². The number of ether oxygens (including phenoxy) is 1. The summed E-state index contributed by atoms with van der Waals surface area (Å²) in [6, 6.07) is 12.3. The Morgan fingerprint density at radius 3 is 2.48 bits per heavy atom. The molecule has 9 heteroatoms. The lowest BCUT2D eigenvalue weighted by Gasteiger charge is -2.43. The highest BCUT2D eigenvalue weighted by molar-refractivity contribution is 6.30. The van der Waals surface area contributed by atoms with Crippen LogP contribution in [-0.2, 0) is 6.54 Å². The van der Waals surface area contributed by atoms with Gasteiger partial charge in [-0.2, -0.15) is 0 Å². The number of urea groups is 2. The van der Waals surface area contributed by atoms with E-state index in [4.69, 9.17) is 16.3 Å². The van der Waals surface area contributed by atoms with Crippen LogP contribution in [0.5, 0.6) is 5.75 Å². The molecule has 1 atom stereocenters. The van der Waals surface area contributed by atoms with Gasteiger partial charge < -0.3 is 15.4 Å². The summed E-state index contributed by atoms with van der Waals surface area (Å²) in [6.07, 6.45) is -0.628. The molecule has 4 amide bonds. The number of aryl methyl sites for hydroxylation is 1. The minimum atomic E-state index is -0.701. The van der Waals surface area contributed by atoms with Gasteiger partial charge in [0.25, 0.3) is 0 Å². The minimum Gasteiger partial charge on any atom is -0.491 e. The highest BCUT2D eigenvalue weighted by Crippen LogP contribution is 2.25. The van der Waals surface area contributed by atoms with Gasteiger partial charge in [-0.05, 0) is 62.2 Å². The second kappa shape index (κ2) is 9.89. The van der Waals surface area contributed by atoms with Crippen LogP contribution in [0, 0.1) is 12.8 Å². The first kappa shape index (κ1) is 23.2. The van der Waals surface area contributed by atoms with E-state index in [2.05, 4.69) is 16.0 Å². The zero-order valence-electron chi connectivity index (χ0n) is 19.1. The van der Waals surface area contributed by atoms with Crippen molar-refractivity contribution in [2.24, 2.45) is 5.92 Å². The molecule has 0 spiro atoms. The molecule has 0 bridgehead atoms. The Morgan fingerprint density at radius 1 is 1.15 bits per heavy atom. The van der Waals surface area contributed by atoms with E-state index in [1.807, 2.05) is 51.1 Å². The van der Waals surface area contributed by atoms with Gasteiger partial charge in [-0.1, -0.05) is 23.7 Å². The predicted molar refractivity (Wildman–Crippen MR) is 128 cm³/mol. The molecule has 4 rings (SSSR count). The lowest BCUT2D eigenvalue weighted by Crippen LogP contribution is -2.68. The fourth-order valence-electron chi connectivity index (χ4n) is 3.86. The molecule has 0 radical (unpaired) electrons. The average molecular weight is 472 g/mol. The van der Waals surface area contributed by atoms with E-state index in [9.17, 15) is 9.59 Å². The summed E-state index contributed by atoms with van der Waals surface area (Å²) in [5.74, 6) is 1.08. The molecule has 33 heavy (non-hydrogen) atoms. The summed E-state index contributed by atoms with van der Waals surface area (Å²) in [5, 5.41) is 10.1. The van der Waals surface area contributed by atoms with Gasteiger partial charge in [-0.3, -0.25) is 10.2 Å². The van der Waals surface area contributed by atoms with E-state index in [1.165, 1.54) is 4.90 Å². The maximum absolute atomic E-state index is 13.4. The third-order valence-corrected chi connectivity index (χ3v) is 5.96. The highest BCUT2D eigenvalue weighted by atomic mass is 35.5. The van der Waals surface area contributed by atoms with E-state index in [1.54, 1.807) is 17.0 Å². The van der Waals surface area contributed by atoms with Crippen LogP contribution < -0.4 is 20.7 Å². The molecule has 2 saturated heterocycles. The number of hydrogen-bond donors (Lipinski definition) is 3. The Balaban J connectivity index is 1.55. The first-order valence-electron chi connectivity index (χ1n) is 11.2. The molecule has 2 aliphatic rings. The molecular weight excluding hydrogens is 442 g/mol. The topological polar surface area (TPSA) is 85.9 Å². The molecule has 3 N–H and O–H groups in total. The van der Waals surface area contributed by atoms with Gasteiger partial charge in [0.2, 0.25) is 0 Å². The number of hydrogen-bond acceptors (Lipinski definition) is 5. The van der Waals surface area contributed by atoms with Crippen molar-refractivity contribution in [3.63, 3.8) is 0 Å². The number of rotatable bonds is 8. The predicted octanol–water partition coefficient (Wildman–Crippen LogP) is 4.00. The quantitative estimate of drug-likeness (QED) is 0.542. The standard InChI is InChI=1S/C24H30ClN5O3/c1-15(2)33-21-9-8-20(10-16(21)3)27-22-28-23(31)30(14-18-11-26-12-18)24(32)29(22)13-17-4-6-19(25)7-5-17/h4-10,15,18,22,26-27H,11-14H2,1-3H3,(H,28,31). The molecule has 0 saturated carbocycles. The van der Waals surface area contributed by atoms with Gasteiger partial charge in [0.05, 0.1) is 12.6 Å². The lowest BCUT2D eigenvalue weighted by atomic mass is 10.0. The third kappa shape index (κ3) is 5.51. The van der Waals surface area contributed by atoms with E-state index in [0.717, 1.165) is 35.7 Å². The Hall–Kier alpha value is -2.97. The molecular formula is C24H30ClN5O3. The van der Waals surface area contributed by atoms with Crippen molar-refractivity contribution < 1.29 is 14.3 Å². The molecule has 1 unspecified atom stereocenters. The van der Waals surface area contributed by atoms with E-state index < -0.39 is 12.3 Å². The number of amides is 4. The Kier molecular flexibility index (Phi) is 6.95. The number of carbonyl (C=O) groups excluding carboxylic acids is 2. The second-order valence-electron chi connectivity index (χ2n) is 8.82. The minimum absolute atomic E-state index is 0.0736. The summed E-state index contributed by atoms with van der Waals surface area (Å²) in [7, 11) is 0. The lowest BCUT2D eigenvalue weighted by molar-refractivity contribution is 0.0969. The number of halogens is 1. The molecule has 0 aromatic heterocycles. The average Bonchev–Trinajstić information content (AvgIpc) is 2.72. The Morgan fingerprint density at radius 2 is 1.88 bits per heavy atom. The molecule has 2 aromatic carbocycles. The number of anilines is 1. The van der Waals surface area contributed by atoms with Gasteiger partial charge in [-0.25, -0.2) is 14.5 Å². The second-order valence-corrected chi connectivity index (χ2v) is 9.25. The molecule has 2 aromatic rings. The van der Waals surface area contributed by atoms with Crippen molar-refractivity contribution in [1.29, 1.82) is 0 Å². The van der Waals surface area contributed by atoms with Crippen molar-refractivity contribution in [2.45, 2.75) is 39.7 Å². The number of benzene rings is 2. The summed E-state index contributed by atoms with van der Waals surface area (Å²) in [4.78, 5) is 29.2. The molecule has 176 valence electrons. The van der Waals surface area contributed by atoms with Gasteiger partial charge in [-0.15, -0.1) is 0 Å². The van der Waals surface area contributed by atoms with Crippen molar-refractivity contribution in [2.75, 3.05) is 25.0 Å². The fraction of sp³-hybridized carbons (Fsp3) is 0.417. The van der Waals surface area contributed by atoms with Crippen LogP contribution in [0.4, 0.5) is 15.3 Å². The highest BCUT2D eigenvalue weighted by Gasteiger charge is 2.40. The van der Waals surface area contributed by atoms with Crippen molar-refractivity contribution in [1.82, 2.24) is 20.4 Å².